The summed E-state index contributed by atoms with van der Waals surface area (Å²) < 4.78 is 4.57. The fraction of sp³-hybridized carbons (Fsp3) is 0.222. The average Bonchev–Trinajstić information content (AvgIpc) is 3.00. The van der Waals surface area contributed by atoms with E-state index in [1.807, 2.05) is 6.07 Å². The fourth-order valence-corrected chi connectivity index (χ4v) is 1.07. The van der Waals surface area contributed by atoms with E-state index in [1.165, 1.54) is 7.11 Å². The highest BCUT2D eigenvalue weighted by molar-refractivity contribution is 5.89. The van der Waals surface area contributed by atoms with Crippen LogP contribution in [0.4, 0.5) is 0 Å². The molecule has 4 heteroatoms. The molecule has 1 aromatic rings. The Morgan fingerprint density at radius 3 is 2.85 bits per heavy atom. The smallest absolute Gasteiger partial charge is 0.337 e. The van der Waals surface area contributed by atoms with Crippen molar-refractivity contribution in [1.82, 2.24) is 0 Å². The molecule has 1 aromatic carbocycles. The van der Waals surface area contributed by atoms with Crippen molar-refractivity contribution in [3.05, 3.63) is 35.4 Å². The Labute approximate surface area is 75.0 Å². The number of esters is 1. The first-order valence-corrected chi connectivity index (χ1v) is 3.81. The highest BCUT2D eigenvalue weighted by Gasteiger charge is 2.28. The first-order valence-electron chi connectivity index (χ1n) is 3.81. The van der Waals surface area contributed by atoms with Crippen LogP contribution in [-0.2, 0) is 14.5 Å². The van der Waals surface area contributed by atoms with Gasteiger partial charge in [0.25, 0.3) is 0 Å². The number of benzene rings is 1. The van der Waals surface area contributed by atoms with Crippen LogP contribution in [0.3, 0.4) is 0 Å². The summed E-state index contributed by atoms with van der Waals surface area (Å²) in [5, 5.41) is 0. The number of carbonyl (C=O) groups excluding carboxylic acids is 1. The second kappa shape index (κ2) is 3.16. The third-order valence-corrected chi connectivity index (χ3v) is 1.77. The van der Waals surface area contributed by atoms with Crippen molar-refractivity contribution in [2.75, 3.05) is 7.11 Å². The Hall–Kier alpha value is -1.39. The van der Waals surface area contributed by atoms with Gasteiger partial charge in [-0.2, -0.15) is 9.78 Å². The topological polar surface area (TPSA) is 51.4 Å². The standard InChI is InChI=1S/C9H8O4/c1-11-8(10)6-3-2-4-7(5-6)9-12-13-9/h2-5,9H,1H3. The van der Waals surface area contributed by atoms with E-state index in [9.17, 15) is 4.79 Å². The Balaban J connectivity index is 2.26. The zero-order chi connectivity index (χ0) is 9.26. The van der Waals surface area contributed by atoms with Crippen LogP contribution in [0.5, 0.6) is 0 Å². The highest BCUT2D eigenvalue weighted by Crippen LogP contribution is 2.32. The van der Waals surface area contributed by atoms with Gasteiger partial charge in [0.2, 0.25) is 6.29 Å². The van der Waals surface area contributed by atoms with Crippen LogP contribution in [-0.4, -0.2) is 13.1 Å². The van der Waals surface area contributed by atoms with Crippen molar-refractivity contribution in [3.8, 4) is 0 Å². The summed E-state index contributed by atoms with van der Waals surface area (Å²) in [4.78, 5) is 20.3. The second-order valence-corrected chi connectivity index (χ2v) is 2.64. The Morgan fingerprint density at radius 1 is 1.46 bits per heavy atom. The molecule has 4 nitrogen and oxygen atoms in total. The van der Waals surface area contributed by atoms with Gasteiger partial charge >= 0.3 is 5.97 Å². The largest absolute Gasteiger partial charge is 0.465 e. The summed E-state index contributed by atoms with van der Waals surface area (Å²) in [7, 11) is 1.35. The van der Waals surface area contributed by atoms with Crippen molar-refractivity contribution in [2.24, 2.45) is 0 Å². The molecule has 1 saturated heterocycles. The van der Waals surface area contributed by atoms with Gasteiger partial charge in [-0.1, -0.05) is 12.1 Å². The molecular weight excluding hydrogens is 172 g/mol. The summed E-state index contributed by atoms with van der Waals surface area (Å²) >= 11 is 0. The maximum absolute atomic E-state index is 11.1. The van der Waals surface area contributed by atoms with Gasteiger partial charge in [0.15, 0.2) is 0 Å². The molecule has 0 saturated carbocycles. The average molecular weight is 180 g/mol. The summed E-state index contributed by atoms with van der Waals surface area (Å²) in [6.45, 7) is 0. The van der Waals surface area contributed by atoms with E-state index < -0.39 is 0 Å². The van der Waals surface area contributed by atoms with E-state index in [4.69, 9.17) is 0 Å². The lowest BCUT2D eigenvalue weighted by Gasteiger charge is -1.99. The third kappa shape index (κ3) is 1.68. The number of rotatable bonds is 2. The fourth-order valence-electron chi connectivity index (χ4n) is 1.07. The Bertz CT molecular complexity index is 330. The molecule has 13 heavy (non-hydrogen) atoms. The first-order chi connectivity index (χ1) is 6.31. The van der Waals surface area contributed by atoms with Gasteiger partial charge in [-0.05, 0) is 12.1 Å². The van der Waals surface area contributed by atoms with Gasteiger partial charge in [0.1, 0.15) is 0 Å². The van der Waals surface area contributed by atoms with Crippen LogP contribution < -0.4 is 0 Å². The summed E-state index contributed by atoms with van der Waals surface area (Å²) in [6, 6.07) is 6.94. The van der Waals surface area contributed by atoms with Crippen molar-refractivity contribution < 1.29 is 19.3 Å². The summed E-state index contributed by atoms with van der Waals surface area (Å²) in [5.41, 5.74) is 1.32. The Kier molecular flexibility index (Phi) is 2.00. The minimum atomic E-state index is -0.359. The highest BCUT2D eigenvalue weighted by atomic mass is 17.4. The molecule has 0 atom stereocenters. The number of carbonyl (C=O) groups is 1. The van der Waals surface area contributed by atoms with Crippen molar-refractivity contribution >= 4 is 5.97 Å². The molecule has 2 rings (SSSR count). The number of ether oxygens (including phenoxy) is 1. The van der Waals surface area contributed by atoms with Gasteiger partial charge < -0.3 is 4.74 Å². The molecule has 0 amide bonds. The zero-order valence-corrected chi connectivity index (χ0v) is 7.02. The quantitative estimate of drug-likeness (QED) is 0.392. The van der Waals surface area contributed by atoms with E-state index in [2.05, 4.69) is 14.5 Å². The molecule has 0 bridgehead atoms. The molecule has 0 aromatic heterocycles. The van der Waals surface area contributed by atoms with Crippen LogP contribution in [0.25, 0.3) is 0 Å². The Morgan fingerprint density at radius 2 is 2.23 bits per heavy atom. The van der Waals surface area contributed by atoms with Crippen LogP contribution in [0.2, 0.25) is 0 Å². The summed E-state index contributed by atoms with van der Waals surface area (Å²) in [6.07, 6.45) is -0.315. The summed E-state index contributed by atoms with van der Waals surface area (Å²) in [5.74, 6) is -0.359. The van der Waals surface area contributed by atoms with Crippen molar-refractivity contribution in [2.45, 2.75) is 6.29 Å². The molecular formula is C9H8O4. The molecule has 1 heterocycles. The molecule has 68 valence electrons. The number of methoxy groups -OCH3 is 1. The zero-order valence-electron chi connectivity index (χ0n) is 7.02. The lowest BCUT2D eigenvalue weighted by atomic mass is 10.1. The number of hydrogen-bond acceptors (Lipinski definition) is 4. The van der Waals surface area contributed by atoms with Crippen LogP contribution >= 0.6 is 0 Å². The molecule has 0 N–H and O–H groups in total. The van der Waals surface area contributed by atoms with Gasteiger partial charge in [-0.15, -0.1) is 0 Å². The van der Waals surface area contributed by atoms with Gasteiger partial charge in [0.05, 0.1) is 12.7 Å². The monoisotopic (exact) mass is 180 g/mol. The van der Waals surface area contributed by atoms with Crippen molar-refractivity contribution in [3.63, 3.8) is 0 Å². The maximum atomic E-state index is 11.1. The SMILES string of the molecule is COC(=O)c1cccc(C2OO2)c1. The lowest BCUT2D eigenvalue weighted by Crippen LogP contribution is -2.01. The third-order valence-electron chi connectivity index (χ3n) is 1.77. The molecule has 0 unspecified atom stereocenters. The maximum Gasteiger partial charge on any atom is 0.337 e. The lowest BCUT2D eigenvalue weighted by molar-refractivity contribution is 0.0600. The van der Waals surface area contributed by atoms with E-state index >= 15 is 0 Å². The van der Waals surface area contributed by atoms with Crippen molar-refractivity contribution in [1.29, 1.82) is 0 Å². The molecule has 1 fully saturated rings. The normalized spacial score (nSPS) is 15.5. The van der Waals surface area contributed by atoms with Crippen LogP contribution in [0.1, 0.15) is 22.2 Å². The van der Waals surface area contributed by atoms with E-state index in [0.29, 0.717) is 5.56 Å². The van der Waals surface area contributed by atoms with Crippen LogP contribution in [0.15, 0.2) is 24.3 Å². The van der Waals surface area contributed by atoms with Gasteiger partial charge in [-0.3, -0.25) is 0 Å². The van der Waals surface area contributed by atoms with E-state index in [-0.39, 0.29) is 12.3 Å². The molecule has 0 spiro atoms. The molecule has 0 radical (unpaired) electrons. The predicted octanol–water partition coefficient (Wildman–Crippen LogP) is 1.43. The van der Waals surface area contributed by atoms with Gasteiger partial charge in [0, 0.05) is 5.56 Å². The predicted molar refractivity (Wildman–Crippen MR) is 42.7 cm³/mol. The molecule has 0 aliphatic carbocycles. The van der Waals surface area contributed by atoms with E-state index in [0.717, 1.165) is 5.56 Å². The number of hydrogen-bond donors (Lipinski definition) is 0. The molecule has 1 aliphatic rings. The minimum absolute atomic E-state index is 0.315. The second-order valence-electron chi connectivity index (χ2n) is 2.64. The first kappa shape index (κ1) is 8.22. The molecule has 1 aliphatic heterocycles. The minimum Gasteiger partial charge on any atom is -0.465 e. The van der Waals surface area contributed by atoms with Gasteiger partial charge in [-0.25, -0.2) is 4.79 Å². The van der Waals surface area contributed by atoms with Crippen LogP contribution in [0, 0.1) is 0 Å². The van der Waals surface area contributed by atoms with E-state index in [1.54, 1.807) is 18.2 Å².